The predicted octanol–water partition coefficient (Wildman–Crippen LogP) is 0.153. The highest BCUT2D eigenvalue weighted by molar-refractivity contribution is 5.96. The number of rotatable bonds is 3. The standard InChI is InChI=1S/C10H8FN3O2/c11-8-3-1-2-7(4-8)10(16)13-5-9(15)14-6-12/h1-4H,5H2,(H,13,16)(H,14,15). The van der Waals surface area contributed by atoms with E-state index in [4.69, 9.17) is 5.26 Å². The molecule has 0 bridgehead atoms. The SMILES string of the molecule is N#CNC(=O)CNC(=O)c1cccc(F)c1. The number of amides is 2. The number of hydrogen-bond donors (Lipinski definition) is 2. The van der Waals surface area contributed by atoms with Crippen molar-refractivity contribution in [2.45, 2.75) is 0 Å². The van der Waals surface area contributed by atoms with Crippen molar-refractivity contribution in [3.63, 3.8) is 0 Å². The number of carbonyl (C=O) groups excluding carboxylic acids is 2. The molecule has 1 aromatic carbocycles. The average molecular weight is 221 g/mol. The van der Waals surface area contributed by atoms with E-state index >= 15 is 0 Å². The molecular weight excluding hydrogens is 213 g/mol. The number of benzene rings is 1. The average Bonchev–Trinajstić information content (AvgIpc) is 2.26. The molecule has 0 atom stereocenters. The third kappa shape index (κ3) is 3.38. The first-order valence-corrected chi connectivity index (χ1v) is 4.35. The van der Waals surface area contributed by atoms with Gasteiger partial charge in [-0.1, -0.05) is 6.07 Å². The monoisotopic (exact) mass is 221 g/mol. The summed E-state index contributed by atoms with van der Waals surface area (Å²) in [6.45, 7) is -0.330. The third-order valence-corrected chi connectivity index (χ3v) is 1.69. The van der Waals surface area contributed by atoms with Crippen LogP contribution >= 0.6 is 0 Å². The molecule has 0 spiro atoms. The van der Waals surface area contributed by atoms with Crippen LogP contribution in [0.25, 0.3) is 0 Å². The fraction of sp³-hybridized carbons (Fsp3) is 0.100. The normalized spacial score (nSPS) is 9.00. The van der Waals surface area contributed by atoms with Gasteiger partial charge in [0.1, 0.15) is 5.82 Å². The zero-order valence-corrected chi connectivity index (χ0v) is 8.16. The molecule has 0 fully saturated rings. The molecule has 0 radical (unpaired) electrons. The molecule has 0 aliphatic heterocycles. The van der Waals surface area contributed by atoms with Crippen LogP contribution in [0.4, 0.5) is 4.39 Å². The van der Waals surface area contributed by atoms with Crippen molar-refractivity contribution in [2.24, 2.45) is 0 Å². The van der Waals surface area contributed by atoms with Crippen LogP contribution in [-0.4, -0.2) is 18.4 Å². The summed E-state index contributed by atoms with van der Waals surface area (Å²) in [5, 5.41) is 12.2. The van der Waals surface area contributed by atoms with Gasteiger partial charge in [-0.05, 0) is 18.2 Å². The molecule has 0 saturated heterocycles. The van der Waals surface area contributed by atoms with Gasteiger partial charge in [0.15, 0.2) is 6.19 Å². The van der Waals surface area contributed by atoms with Gasteiger partial charge in [-0.15, -0.1) is 0 Å². The fourth-order valence-corrected chi connectivity index (χ4v) is 0.999. The smallest absolute Gasteiger partial charge is 0.252 e. The molecule has 16 heavy (non-hydrogen) atoms. The Morgan fingerprint density at radius 2 is 2.19 bits per heavy atom. The summed E-state index contributed by atoms with van der Waals surface area (Å²) in [5.41, 5.74) is 0.116. The van der Waals surface area contributed by atoms with Crippen LogP contribution < -0.4 is 10.6 Å². The molecule has 0 heterocycles. The molecule has 5 nitrogen and oxygen atoms in total. The van der Waals surface area contributed by atoms with Gasteiger partial charge in [-0.2, -0.15) is 5.26 Å². The number of halogens is 1. The number of carbonyl (C=O) groups is 2. The lowest BCUT2D eigenvalue weighted by Gasteiger charge is -2.03. The van der Waals surface area contributed by atoms with Crippen molar-refractivity contribution >= 4 is 11.8 Å². The van der Waals surface area contributed by atoms with E-state index in [0.717, 1.165) is 6.07 Å². The fourth-order valence-electron chi connectivity index (χ4n) is 0.999. The second-order valence-electron chi connectivity index (χ2n) is 2.85. The summed E-state index contributed by atoms with van der Waals surface area (Å²) in [4.78, 5) is 22.2. The van der Waals surface area contributed by atoms with Crippen LogP contribution in [0.5, 0.6) is 0 Å². The maximum atomic E-state index is 12.7. The van der Waals surface area contributed by atoms with Crippen molar-refractivity contribution in [1.82, 2.24) is 10.6 Å². The molecule has 1 rings (SSSR count). The van der Waals surface area contributed by atoms with E-state index in [2.05, 4.69) is 5.32 Å². The summed E-state index contributed by atoms with van der Waals surface area (Å²) in [7, 11) is 0. The first kappa shape index (κ1) is 11.7. The van der Waals surface area contributed by atoms with Crippen LogP contribution in [0.15, 0.2) is 24.3 Å². The van der Waals surface area contributed by atoms with Crippen LogP contribution in [0.1, 0.15) is 10.4 Å². The number of nitrogens with one attached hydrogen (secondary N) is 2. The molecule has 82 valence electrons. The topological polar surface area (TPSA) is 82.0 Å². The van der Waals surface area contributed by atoms with E-state index in [1.807, 2.05) is 5.32 Å². The van der Waals surface area contributed by atoms with Gasteiger partial charge in [0.05, 0.1) is 6.54 Å². The highest BCUT2D eigenvalue weighted by Gasteiger charge is 2.07. The Kier molecular flexibility index (Phi) is 3.98. The molecule has 0 aliphatic carbocycles. The molecule has 2 amide bonds. The summed E-state index contributed by atoms with van der Waals surface area (Å²) >= 11 is 0. The second kappa shape index (κ2) is 5.46. The molecule has 6 heteroatoms. The van der Waals surface area contributed by atoms with Gasteiger partial charge in [0.2, 0.25) is 0 Å². The summed E-state index contributed by atoms with van der Waals surface area (Å²) in [6, 6.07) is 5.07. The highest BCUT2D eigenvalue weighted by Crippen LogP contribution is 2.02. The number of nitriles is 1. The zero-order chi connectivity index (χ0) is 12.0. The minimum atomic E-state index is -0.632. The van der Waals surface area contributed by atoms with Crippen LogP contribution in [0.3, 0.4) is 0 Å². The number of nitrogens with zero attached hydrogens (tertiary/aromatic N) is 1. The van der Waals surface area contributed by atoms with E-state index in [-0.39, 0.29) is 12.1 Å². The Labute approximate surface area is 90.9 Å². The quantitative estimate of drug-likeness (QED) is 0.563. The molecule has 0 aliphatic rings. The van der Waals surface area contributed by atoms with E-state index in [0.29, 0.717) is 0 Å². The minimum Gasteiger partial charge on any atom is -0.343 e. The summed E-state index contributed by atoms with van der Waals surface area (Å²) in [5.74, 6) is -1.74. The van der Waals surface area contributed by atoms with Gasteiger partial charge in [0.25, 0.3) is 11.8 Å². The number of hydrogen-bond acceptors (Lipinski definition) is 3. The first-order valence-electron chi connectivity index (χ1n) is 4.35. The van der Waals surface area contributed by atoms with Crippen LogP contribution in [0, 0.1) is 17.3 Å². The van der Waals surface area contributed by atoms with Crippen molar-refractivity contribution < 1.29 is 14.0 Å². The van der Waals surface area contributed by atoms with Gasteiger partial charge < -0.3 is 5.32 Å². The Hall–Kier alpha value is -2.42. The molecular formula is C10H8FN3O2. The van der Waals surface area contributed by atoms with Crippen LogP contribution in [0.2, 0.25) is 0 Å². The zero-order valence-electron chi connectivity index (χ0n) is 8.16. The maximum Gasteiger partial charge on any atom is 0.252 e. The lowest BCUT2D eigenvalue weighted by molar-refractivity contribution is -0.119. The molecule has 2 N–H and O–H groups in total. The first-order chi connectivity index (χ1) is 7.63. The predicted molar refractivity (Wildman–Crippen MR) is 52.5 cm³/mol. The van der Waals surface area contributed by atoms with E-state index in [1.165, 1.54) is 24.4 Å². The Morgan fingerprint density at radius 3 is 2.81 bits per heavy atom. The Balaban J connectivity index is 2.54. The van der Waals surface area contributed by atoms with Crippen molar-refractivity contribution in [3.8, 4) is 6.19 Å². The van der Waals surface area contributed by atoms with Gasteiger partial charge in [-0.25, -0.2) is 4.39 Å². The lowest BCUT2D eigenvalue weighted by atomic mass is 10.2. The summed E-state index contributed by atoms with van der Waals surface area (Å²) in [6.07, 6.45) is 1.43. The van der Waals surface area contributed by atoms with Gasteiger partial charge in [0, 0.05) is 5.56 Å². The molecule has 1 aromatic rings. The van der Waals surface area contributed by atoms with E-state index in [9.17, 15) is 14.0 Å². The van der Waals surface area contributed by atoms with Crippen molar-refractivity contribution in [3.05, 3.63) is 35.6 Å². The van der Waals surface area contributed by atoms with E-state index < -0.39 is 17.6 Å². The largest absolute Gasteiger partial charge is 0.343 e. The molecule has 0 aromatic heterocycles. The minimum absolute atomic E-state index is 0.116. The highest BCUT2D eigenvalue weighted by atomic mass is 19.1. The van der Waals surface area contributed by atoms with E-state index in [1.54, 1.807) is 0 Å². The Bertz CT molecular complexity index is 454. The third-order valence-electron chi connectivity index (χ3n) is 1.69. The molecule has 0 saturated carbocycles. The van der Waals surface area contributed by atoms with Crippen molar-refractivity contribution in [2.75, 3.05) is 6.54 Å². The molecule has 0 unspecified atom stereocenters. The van der Waals surface area contributed by atoms with Gasteiger partial charge >= 0.3 is 0 Å². The maximum absolute atomic E-state index is 12.7. The lowest BCUT2D eigenvalue weighted by Crippen LogP contribution is -2.34. The van der Waals surface area contributed by atoms with Crippen LogP contribution in [-0.2, 0) is 4.79 Å². The Morgan fingerprint density at radius 1 is 1.44 bits per heavy atom. The second-order valence-corrected chi connectivity index (χ2v) is 2.85. The summed E-state index contributed by atoms with van der Waals surface area (Å²) < 4.78 is 12.7. The van der Waals surface area contributed by atoms with Crippen molar-refractivity contribution in [1.29, 1.82) is 5.26 Å². The van der Waals surface area contributed by atoms with Gasteiger partial charge in [-0.3, -0.25) is 14.9 Å².